The number of benzene rings is 1. The van der Waals surface area contributed by atoms with Crippen LogP contribution < -0.4 is 5.32 Å². The lowest BCUT2D eigenvalue weighted by atomic mass is 9.94. The zero-order valence-corrected chi connectivity index (χ0v) is 9.62. The summed E-state index contributed by atoms with van der Waals surface area (Å²) in [5, 5.41) is 3.54. The van der Waals surface area contributed by atoms with Gasteiger partial charge in [0, 0.05) is 12.1 Å². The SMILES string of the molecule is CC(C)N[C@H](C)[C@@H](C)c1ccccc1. The summed E-state index contributed by atoms with van der Waals surface area (Å²) in [6.07, 6.45) is 0. The predicted octanol–water partition coefficient (Wildman–Crippen LogP) is 3.18. The molecule has 1 aromatic rings. The van der Waals surface area contributed by atoms with Gasteiger partial charge in [0.1, 0.15) is 0 Å². The smallest absolute Gasteiger partial charge is 0.0107 e. The maximum atomic E-state index is 3.54. The van der Waals surface area contributed by atoms with Crippen LogP contribution in [0.3, 0.4) is 0 Å². The highest BCUT2D eigenvalue weighted by Crippen LogP contribution is 2.18. The minimum absolute atomic E-state index is 0.525. The van der Waals surface area contributed by atoms with E-state index in [2.05, 4.69) is 63.3 Å². The predicted molar refractivity (Wildman–Crippen MR) is 62.6 cm³/mol. The first-order valence-electron chi connectivity index (χ1n) is 5.42. The Labute approximate surface area is 87.5 Å². The van der Waals surface area contributed by atoms with Gasteiger partial charge in [-0.2, -0.15) is 0 Å². The molecule has 1 aromatic carbocycles. The molecule has 1 N–H and O–H groups in total. The van der Waals surface area contributed by atoms with E-state index in [4.69, 9.17) is 0 Å². The number of rotatable bonds is 4. The summed E-state index contributed by atoms with van der Waals surface area (Å²) in [6, 6.07) is 11.7. The Bertz CT molecular complexity index is 253. The molecule has 0 aliphatic rings. The molecule has 1 rings (SSSR count). The summed E-state index contributed by atoms with van der Waals surface area (Å²) in [5.41, 5.74) is 1.41. The Morgan fingerprint density at radius 3 is 2.00 bits per heavy atom. The van der Waals surface area contributed by atoms with Gasteiger partial charge in [-0.1, -0.05) is 51.1 Å². The molecule has 0 saturated carbocycles. The van der Waals surface area contributed by atoms with Crippen LogP contribution in [0.2, 0.25) is 0 Å². The largest absolute Gasteiger partial charge is 0.311 e. The van der Waals surface area contributed by atoms with Crippen molar-refractivity contribution in [3.63, 3.8) is 0 Å². The highest BCUT2D eigenvalue weighted by molar-refractivity contribution is 5.20. The van der Waals surface area contributed by atoms with Crippen molar-refractivity contribution in [2.45, 2.75) is 45.7 Å². The molecular weight excluding hydrogens is 170 g/mol. The molecule has 0 radical (unpaired) electrons. The second kappa shape index (κ2) is 5.16. The minimum Gasteiger partial charge on any atom is -0.311 e. The van der Waals surface area contributed by atoms with E-state index in [1.807, 2.05) is 0 Å². The molecule has 0 spiro atoms. The zero-order chi connectivity index (χ0) is 10.6. The summed E-state index contributed by atoms with van der Waals surface area (Å²) >= 11 is 0. The van der Waals surface area contributed by atoms with Gasteiger partial charge in [0.05, 0.1) is 0 Å². The van der Waals surface area contributed by atoms with Crippen molar-refractivity contribution in [2.75, 3.05) is 0 Å². The van der Waals surface area contributed by atoms with Crippen LogP contribution in [0.5, 0.6) is 0 Å². The highest BCUT2D eigenvalue weighted by Gasteiger charge is 2.13. The van der Waals surface area contributed by atoms with Crippen molar-refractivity contribution < 1.29 is 0 Å². The summed E-state index contributed by atoms with van der Waals surface area (Å²) in [4.78, 5) is 0. The Hall–Kier alpha value is -0.820. The molecule has 0 heterocycles. The van der Waals surface area contributed by atoms with E-state index < -0.39 is 0 Å². The first-order chi connectivity index (χ1) is 6.61. The standard InChI is InChI=1S/C13H21N/c1-10(2)14-12(4)11(3)13-8-6-5-7-9-13/h5-12,14H,1-4H3/t11-,12-/m1/s1. The van der Waals surface area contributed by atoms with Crippen LogP contribution >= 0.6 is 0 Å². The summed E-state index contributed by atoms with van der Waals surface area (Å²) < 4.78 is 0. The van der Waals surface area contributed by atoms with Crippen LogP contribution in [-0.2, 0) is 0 Å². The molecule has 0 unspecified atom stereocenters. The molecule has 2 atom stereocenters. The molecule has 0 bridgehead atoms. The zero-order valence-electron chi connectivity index (χ0n) is 9.62. The van der Waals surface area contributed by atoms with Gasteiger partial charge in [-0.05, 0) is 18.4 Å². The first-order valence-corrected chi connectivity index (χ1v) is 5.42. The van der Waals surface area contributed by atoms with E-state index in [0.717, 1.165) is 0 Å². The maximum Gasteiger partial charge on any atom is 0.0107 e. The van der Waals surface area contributed by atoms with E-state index in [9.17, 15) is 0 Å². The van der Waals surface area contributed by atoms with Crippen molar-refractivity contribution in [1.82, 2.24) is 5.32 Å². The third kappa shape index (κ3) is 3.15. The first kappa shape index (κ1) is 11.3. The molecular formula is C13H21N. The van der Waals surface area contributed by atoms with Crippen LogP contribution in [0.4, 0.5) is 0 Å². The van der Waals surface area contributed by atoms with E-state index >= 15 is 0 Å². The molecule has 0 fully saturated rings. The van der Waals surface area contributed by atoms with E-state index in [-0.39, 0.29) is 0 Å². The summed E-state index contributed by atoms with van der Waals surface area (Å²) in [5.74, 6) is 0.568. The van der Waals surface area contributed by atoms with Gasteiger partial charge in [0.2, 0.25) is 0 Å². The van der Waals surface area contributed by atoms with Crippen LogP contribution in [0.15, 0.2) is 30.3 Å². The van der Waals surface area contributed by atoms with E-state index in [0.29, 0.717) is 18.0 Å². The van der Waals surface area contributed by atoms with Crippen molar-refractivity contribution in [1.29, 1.82) is 0 Å². The average Bonchev–Trinajstić information content (AvgIpc) is 2.17. The van der Waals surface area contributed by atoms with Gasteiger partial charge < -0.3 is 5.32 Å². The van der Waals surface area contributed by atoms with Gasteiger partial charge in [0.25, 0.3) is 0 Å². The quantitative estimate of drug-likeness (QED) is 0.770. The molecule has 0 aliphatic carbocycles. The van der Waals surface area contributed by atoms with Crippen LogP contribution in [-0.4, -0.2) is 12.1 Å². The van der Waals surface area contributed by atoms with Crippen LogP contribution in [0.1, 0.15) is 39.2 Å². The Morgan fingerprint density at radius 2 is 1.50 bits per heavy atom. The average molecular weight is 191 g/mol. The van der Waals surface area contributed by atoms with Gasteiger partial charge in [-0.3, -0.25) is 0 Å². The molecule has 14 heavy (non-hydrogen) atoms. The monoisotopic (exact) mass is 191 g/mol. The van der Waals surface area contributed by atoms with Crippen molar-refractivity contribution in [3.8, 4) is 0 Å². The van der Waals surface area contributed by atoms with Crippen LogP contribution in [0, 0.1) is 0 Å². The van der Waals surface area contributed by atoms with Gasteiger partial charge in [0.15, 0.2) is 0 Å². The molecule has 1 nitrogen and oxygen atoms in total. The third-order valence-electron chi connectivity index (χ3n) is 2.67. The fraction of sp³-hybridized carbons (Fsp3) is 0.538. The Kier molecular flexibility index (Phi) is 4.15. The molecule has 78 valence electrons. The third-order valence-corrected chi connectivity index (χ3v) is 2.67. The highest BCUT2D eigenvalue weighted by atomic mass is 14.9. The van der Waals surface area contributed by atoms with Gasteiger partial charge in [-0.25, -0.2) is 0 Å². The summed E-state index contributed by atoms with van der Waals surface area (Å²) in [6.45, 7) is 8.90. The second-order valence-electron chi connectivity index (χ2n) is 4.31. The topological polar surface area (TPSA) is 12.0 Å². The van der Waals surface area contributed by atoms with E-state index in [1.165, 1.54) is 5.56 Å². The van der Waals surface area contributed by atoms with Crippen molar-refractivity contribution in [3.05, 3.63) is 35.9 Å². The summed E-state index contributed by atoms with van der Waals surface area (Å²) in [7, 11) is 0. The normalized spacial score (nSPS) is 15.5. The fourth-order valence-corrected chi connectivity index (χ4v) is 1.72. The van der Waals surface area contributed by atoms with Crippen molar-refractivity contribution >= 4 is 0 Å². The van der Waals surface area contributed by atoms with Crippen molar-refractivity contribution in [2.24, 2.45) is 0 Å². The second-order valence-corrected chi connectivity index (χ2v) is 4.31. The Balaban J connectivity index is 2.61. The lowest BCUT2D eigenvalue weighted by Crippen LogP contribution is -2.35. The Morgan fingerprint density at radius 1 is 0.929 bits per heavy atom. The molecule has 0 aliphatic heterocycles. The maximum absolute atomic E-state index is 3.54. The molecule has 0 aromatic heterocycles. The lowest BCUT2D eigenvalue weighted by molar-refractivity contribution is 0.439. The molecule has 1 heteroatoms. The number of hydrogen-bond acceptors (Lipinski definition) is 1. The lowest BCUT2D eigenvalue weighted by Gasteiger charge is -2.23. The molecule has 0 amide bonds. The minimum atomic E-state index is 0.525. The van der Waals surface area contributed by atoms with E-state index in [1.54, 1.807) is 0 Å². The number of nitrogens with one attached hydrogen (secondary N) is 1. The van der Waals surface area contributed by atoms with Crippen LogP contribution in [0.25, 0.3) is 0 Å². The fourth-order valence-electron chi connectivity index (χ4n) is 1.72. The molecule has 0 saturated heterocycles. The van der Waals surface area contributed by atoms with Gasteiger partial charge in [-0.15, -0.1) is 0 Å². The van der Waals surface area contributed by atoms with Gasteiger partial charge >= 0.3 is 0 Å². The number of hydrogen-bond donors (Lipinski definition) is 1.